The summed E-state index contributed by atoms with van der Waals surface area (Å²) >= 11 is 0. The van der Waals surface area contributed by atoms with Crippen LogP contribution in [0.25, 0.3) is 72.3 Å². The smallest absolute Gasteiger partial charge is 0.269 e. The second kappa shape index (κ2) is 15.0. The van der Waals surface area contributed by atoms with Gasteiger partial charge >= 0.3 is 0 Å². The summed E-state index contributed by atoms with van der Waals surface area (Å²) in [6, 6.07) is 52.6. The zero-order chi connectivity index (χ0) is 42.5. The molecule has 3 heterocycles. The van der Waals surface area contributed by atoms with Crippen molar-refractivity contribution in [2.24, 2.45) is 0 Å². The van der Waals surface area contributed by atoms with Crippen LogP contribution in [0.2, 0.25) is 0 Å². The van der Waals surface area contributed by atoms with Crippen molar-refractivity contribution in [1.29, 1.82) is 0 Å². The lowest BCUT2D eigenvalue weighted by Gasteiger charge is -2.17. The van der Waals surface area contributed by atoms with Crippen molar-refractivity contribution in [3.05, 3.63) is 200 Å². The molecular weight excluding hydrogens is 709 g/mol. The summed E-state index contributed by atoms with van der Waals surface area (Å²) in [6.07, 6.45) is 7.46. The van der Waals surface area contributed by atoms with Gasteiger partial charge in [0.15, 0.2) is 0 Å². The van der Waals surface area contributed by atoms with Gasteiger partial charge in [-0.15, -0.1) is 0 Å². The summed E-state index contributed by atoms with van der Waals surface area (Å²) < 4.78 is 47.9. The third-order valence-corrected chi connectivity index (χ3v) is 11.1. The first kappa shape index (κ1) is 30.9. The molecule has 0 N–H and O–H groups in total. The summed E-state index contributed by atoms with van der Waals surface area (Å²) in [5.74, 6) is 2.07. The molecule has 280 valence electrons. The Morgan fingerprint density at radius 1 is 0.638 bits per heavy atom. The van der Waals surface area contributed by atoms with Crippen molar-refractivity contribution in [2.75, 3.05) is 0 Å². The average Bonchev–Trinajstić information content (AvgIpc) is 3.88. The Morgan fingerprint density at radius 3 is 2.09 bits per heavy atom. The number of ether oxygens (including phenoxy) is 1. The molecule has 7 aromatic carbocycles. The van der Waals surface area contributed by atoms with E-state index in [4.69, 9.17) is 15.2 Å². The van der Waals surface area contributed by atoms with Gasteiger partial charge in [-0.1, -0.05) is 141 Å². The molecule has 0 spiro atoms. The van der Waals surface area contributed by atoms with Gasteiger partial charge in [0.1, 0.15) is 17.3 Å². The van der Waals surface area contributed by atoms with E-state index < -0.39 is 0 Å². The molecule has 0 unspecified atom stereocenters. The predicted octanol–water partition coefficient (Wildman–Crippen LogP) is 13.2. The first-order chi connectivity index (χ1) is 30.3. The van der Waals surface area contributed by atoms with Crippen molar-refractivity contribution in [2.45, 2.75) is 32.6 Å². The van der Waals surface area contributed by atoms with Gasteiger partial charge in [0.2, 0.25) is 0 Å². The largest absolute Gasteiger partial charge is 0.458 e. The summed E-state index contributed by atoms with van der Waals surface area (Å²) in [5, 5.41) is 1.13. The summed E-state index contributed by atoms with van der Waals surface area (Å²) in [6.45, 7) is 4.34. The van der Waals surface area contributed by atoms with E-state index in [9.17, 15) is 0 Å². The van der Waals surface area contributed by atoms with Gasteiger partial charge in [0.25, 0.3) is 6.33 Å². The van der Waals surface area contributed by atoms with E-state index in [0.717, 1.165) is 63.1 Å². The summed E-state index contributed by atoms with van der Waals surface area (Å²) in [5.41, 5.74) is 10.4. The molecule has 0 atom stereocenters. The molecule has 0 bridgehead atoms. The average molecular weight is 755 g/mol. The molecule has 10 rings (SSSR count). The zero-order valence-corrected chi connectivity index (χ0v) is 32.3. The van der Waals surface area contributed by atoms with Gasteiger partial charge < -0.3 is 4.74 Å². The molecule has 0 aliphatic heterocycles. The Hall–Kier alpha value is -7.24. The van der Waals surface area contributed by atoms with Gasteiger partial charge in [-0.05, 0) is 95.1 Å². The fourth-order valence-corrected chi connectivity index (χ4v) is 8.29. The van der Waals surface area contributed by atoms with E-state index in [2.05, 4.69) is 114 Å². The van der Waals surface area contributed by atoms with Crippen molar-refractivity contribution in [3.8, 4) is 50.9 Å². The highest BCUT2D eigenvalue weighted by Crippen LogP contribution is 2.37. The maximum Gasteiger partial charge on any atom is 0.269 e. The second-order valence-corrected chi connectivity index (χ2v) is 14.5. The van der Waals surface area contributed by atoms with Crippen molar-refractivity contribution >= 4 is 32.8 Å². The quantitative estimate of drug-likeness (QED) is 0.103. The van der Waals surface area contributed by atoms with Crippen LogP contribution < -0.4 is 9.30 Å². The minimum absolute atomic E-state index is 0.0861. The topological polar surface area (TPSA) is 35.9 Å². The zero-order valence-electron chi connectivity index (χ0n) is 36.3. The SMILES string of the molecule is [2H]c1c([2H])c([2H])c2c(c1[2H])c1ccc(Oc3cccc(-n4[c-][n+](-c5c(-c6ccccc6)cccc5-c5ccccc5)c5ccccc54)c3)cc1n2-c1cc(C(CC)CC)ccn1. The van der Waals surface area contributed by atoms with Crippen LogP contribution in [0.4, 0.5) is 0 Å². The molecule has 3 aromatic heterocycles. The Kier molecular flexibility index (Phi) is 8.00. The fourth-order valence-electron chi connectivity index (χ4n) is 8.29. The first-order valence-corrected chi connectivity index (χ1v) is 19.8. The lowest BCUT2D eigenvalue weighted by Crippen LogP contribution is -2.31. The predicted molar refractivity (Wildman–Crippen MR) is 236 cm³/mol. The lowest BCUT2D eigenvalue weighted by atomic mass is 9.95. The summed E-state index contributed by atoms with van der Waals surface area (Å²) in [4.78, 5) is 4.77. The number of aromatic nitrogens is 4. The van der Waals surface area contributed by atoms with Crippen LogP contribution in [0.1, 0.15) is 43.7 Å². The molecule has 0 saturated carbocycles. The van der Waals surface area contributed by atoms with Crippen molar-refractivity contribution < 1.29 is 14.8 Å². The van der Waals surface area contributed by atoms with Gasteiger partial charge in [0.05, 0.1) is 38.9 Å². The van der Waals surface area contributed by atoms with Crippen molar-refractivity contribution in [3.63, 3.8) is 0 Å². The minimum Gasteiger partial charge on any atom is -0.458 e. The highest BCUT2D eigenvalue weighted by Gasteiger charge is 2.20. The fraction of sp³-hybridized carbons (Fsp3) is 0.0943. The van der Waals surface area contributed by atoms with E-state index >= 15 is 0 Å². The highest BCUT2D eigenvalue weighted by atomic mass is 16.5. The first-order valence-electron chi connectivity index (χ1n) is 21.8. The standard InChI is InChI=1S/C53H42N4O/c1-3-37(4-2)40-31-32-54-52(33-40)57-48-26-12-11-23-46(48)47-30-29-43(35-51(47)57)58-42-22-15-21-41(34-42)55-36-56(50-28-14-13-27-49(50)55)53-44(38-17-7-5-8-18-38)24-16-25-45(53)39-19-9-6-10-20-39/h5-35,37H,3-4H2,1-2H3/i11D,12D,23D,26D. The maximum absolute atomic E-state index is 9.04. The molecule has 0 aliphatic rings. The van der Waals surface area contributed by atoms with Gasteiger partial charge in [-0.25, -0.2) is 4.98 Å². The molecule has 58 heavy (non-hydrogen) atoms. The number of hydrogen-bond donors (Lipinski definition) is 0. The molecule has 5 nitrogen and oxygen atoms in total. The number of benzene rings is 7. The number of pyridine rings is 1. The Balaban J connectivity index is 1.10. The van der Waals surface area contributed by atoms with E-state index in [1.165, 1.54) is 0 Å². The van der Waals surface area contributed by atoms with E-state index in [1.807, 2.05) is 77.4 Å². The maximum atomic E-state index is 9.04. The number of imidazole rings is 1. The molecular formula is C53H42N4O. The Morgan fingerprint density at radius 2 is 1.33 bits per heavy atom. The monoisotopic (exact) mass is 754 g/mol. The number of rotatable bonds is 10. The molecule has 0 radical (unpaired) electrons. The van der Waals surface area contributed by atoms with E-state index in [1.54, 1.807) is 6.20 Å². The molecule has 5 heteroatoms. The Bertz CT molecular complexity index is 3240. The lowest BCUT2D eigenvalue weighted by molar-refractivity contribution is -0.571. The Labute approximate surface area is 344 Å². The van der Waals surface area contributed by atoms with Gasteiger partial charge in [-0.3, -0.25) is 13.7 Å². The molecule has 10 aromatic rings. The number of fused-ring (bicyclic) bond motifs is 4. The molecule has 0 fully saturated rings. The van der Waals surface area contributed by atoms with Gasteiger partial charge in [-0.2, -0.15) is 0 Å². The van der Waals surface area contributed by atoms with Crippen LogP contribution in [0.5, 0.6) is 11.5 Å². The third kappa shape index (κ3) is 6.22. The normalized spacial score (nSPS) is 12.5. The molecule has 0 saturated heterocycles. The van der Waals surface area contributed by atoms with Crippen LogP contribution in [0.15, 0.2) is 188 Å². The van der Waals surface area contributed by atoms with Crippen LogP contribution in [0.3, 0.4) is 0 Å². The van der Waals surface area contributed by atoms with Gasteiger partial charge in [0, 0.05) is 23.0 Å². The molecule has 0 aliphatic carbocycles. The van der Waals surface area contributed by atoms with Crippen LogP contribution >= 0.6 is 0 Å². The van der Waals surface area contributed by atoms with Crippen molar-refractivity contribution in [1.82, 2.24) is 14.1 Å². The number of hydrogen-bond acceptors (Lipinski definition) is 2. The minimum atomic E-state index is -0.286. The third-order valence-electron chi connectivity index (χ3n) is 11.1. The summed E-state index contributed by atoms with van der Waals surface area (Å²) in [7, 11) is 0. The number of nitrogens with zero attached hydrogens (tertiary/aromatic N) is 4. The van der Waals surface area contributed by atoms with Crippen LogP contribution in [0, 0.1) is 6.33 Å². The number of para-hydroxylation sites is 4. The van der Waals surface area contributed by atoms with E-state index in [-0.39, 0.29) is 24.2 Å². The second-order valence-electron chi connectivity index (χ2n) is 14.5. The van der Waals surface area contributed by atoms with Crippen LogP contribution in [-0.2, 0) is 0 Å². The molecule has 0 amide bonds. The van der Waals surface area contributed by atoms with Crippen LogP contribution in [-0.4, -0.2) is 14.1 Å². The highest BCUT2D eigenvalue weighted by molar-refractivity contribution is 6.09. The van der Waals surface area contributed by atoms with E-state index in [0.29, 0.717) is 45.0 Å².